The van der Waals surface area contributed by atoms with Gasteiger partial charge in [0.05, 0.1) is 4.92 Å². The maximum Gasteiger partial charge on any atom is 0.269 e. The van der Waals surface area contributed by atoms with Crippen molar-refractivity contribution in [1.82, 2.24) is 0 Å². The van der Waals surface area contributed by atoms with E-state index in [4.69, 9.17) is 4.74 Å². The summed E-state index contributed by atoms with van der Waals surface area (Å²) in [7, 11) is 0. The first-order valence-electron chi connectivity index (χ1n) is 7.06. The Morgan fingerprint density at radius 3 is 2.79 bits per heavy atom. The first-order valence-corrected chi connectivity index (χ1v) is 7.06. The van der Waals surface area contributed by atoms with Crippen LogP contribution in [0.5, 0.6) is 5.75 Å². The molecule has 1 N–H and O–H groups in total. The number of anilines is 1. The number of hydrogen-bond acceptors (Lipinski definition) is 4. The summed E-state index contributed by atoms with van der Waals surface area (Å²) >= 11 is 0. The molecule has 7 heteroatoms. The third kappa shape index (κ3) is 4.64. The molecule has 0 unspecified atom stereocenters. The molecule has 0 heterocycles. The minimum absolute atomic E-state index is 0.0663. The number of nitro benzene ring substituents is 1. The van der Waals surface area contributed by atoms with Gasteiger partial charge in [-0.3, -0.25) is 14.9 Å². The van der Waals surface area contributed by atoms with E-state index in [9.17, 15) is 19.3 Å². The number of halogens is 1. The molecule has 0 aliphatic carbocycles. The second kappa shape index (κ2) is 7.87. The van der Waals surface area contributed by atoms with Crippen molar-refractivity contribution >= 4 is 17.3 Å². The van der Waals surface area contributed by atoms with E-state index >= 15 is 0 Å². The maximum absolute atomic E-state index is 13.1. The SMILES string of the molecule is C=CCc1cc([N+](=O)[O-])ccc1OCC(=O)Nc1cccc(F)c1. The molecule has 0 aliphatic heterocycles. The van der Waals surface area contributed by atoms with Crippen LogP contribution in [0.1, 0.15) is 5.56 Å². The molecule has 24 heavy (non-hydrogen) atoms. The molecule has 124 valence electrons. The minimum Gasteiger partial charge on any atom is -0.483 e. The fraction of sp³-hybridized carbons (Fsp3) is 0.118. The number of benzene rings is 2. The molecule has 0 saturated carbocycles. The van der Waals surface area contributed by atoms with Gasteiger partial charge in [0.2, 0.25) is 0 Å². The third-order valence-corrected chi connectivity index (χ3v) is 3.09. The zero-order chi connectivity index (χ0) is 17.5. The van der Waals surface area contributed by atoms with Gasteiger partial charge in [-0.15, -0.1) is 6.58 Å². The summed E-state index contributed by atoms with van der Waals surface area (Å²) in [5.74, 6) is -0.573. The quantitative estimate of drug-likeness (QED) is 0.479. The van der Waals surface area contributed by atoms with Gasteiger partial charge in [-0.05, 0) is 30.7 Å². The Labute approximate surface area is 137 Å². The number of amides is 1. The summed E-state index contributed by atoms with van der Waals surface area (Å²) in [6, 6.07) is 9.60. The highest BCUT2D eigenvalue weighted by Gasteiger charge is 2.12. The molecule has 0 aromatic heterocycles. The smallest absolute Gasteiger partial charge is 0.269 e. The fourth-order valence-electron chi connectivity index (χ4n) is 2.04. The van der Waals surface area contributed by atoms with Gasteiger partial charge in [0, 0.05) is 23.4 Å². The standard InChI is InChI=1S/C17H15FN2O4/c1-2-4-12-9-15(20(22)23)7-8-16(12)24-11-17(21)19-14-6-3-5-13(18)10-14/h2-3,5-10H,1,4,11H2,(H,19,21). The summed E-state index contributed by atoms with van der Waals surface area (Å²) in [6.45, 7) is 3.28. The van der Waals surface area contributed by atoms with E-state index < -0.39 is 16.6 Å². The van der Waals surface area contributed by atoms with E-state index in [0.29, 0.717) is 23.4 Å². The summed E-state index contributed by atoms with van der Waals surface area (Å²) in [6.07, 6.45) is 1.95. The number of carbonyl (C=O) groups excluding carboxylic acids is 1. The van der Waals surface area contributed by atoms with Gasteiger partial charge in [-0.25, -0.2) is 4.39 Å². The molecule has 0 aliphatic rings. The molecule has 0 radical (unpaired) electrons. The van der Waals surface area contributed by atoms with Crippen molar-refractivity contribution in [2.45, 2.75) is 6.42 Å². The number of nitrogens with one attached hydrogen (secondary N) is 1. The van der Waals surface area contributed by atoms with Gasteiger partial charge in [-0.1, -0.05) is 12.1 Å². The highest BCUT2D eigenvalue weighted by Crippen LogP contribution is 2.25. The van der Waals surface area contributed by atoms with Crippen LogP contribution in [0.2, 0.25) is 0 Å². The van der Waals surface area contributed by atoms with Gasteiger partial charge in [0.1, 0.15) is 11.6 Å². The normalized spacial score (nSPS) is 10.0. The van der Waals surface area contributed by atoms with E-state index in [1.165, 1.54) is 36.4 Å². The lowest BCUT2D eigenvalue weighted by atomic mass is 10.1. The van der Waals surface area contributed by atoms with Crippen LogP contribution in [0.3, 0.4) is 0 Å². The van der Waals surface area contributed by atoms with Gasteiger partial charge < -0.3 is 10.1 Å². The number of allylic oxidation sites excluding steroid dienone is 1. The van der Waals surface area contributed by atoms with Crippen LogP contribution >= 0.6 is 0 Å². The van der Waals surface area contributed by atoms with Crippen LogP contribution < -0.4 is 10.1 Å². The zero-order valence-electron chi connectivity index (χ0n) is 12.7. The summed E-state index contributed by atoms with van der Waals surface area (Å²) in [4.78, 5) is 22.2. The van der Waals surface area contributed by atoms with E-state index in [2.05, 4.69) is 11.9 Å². The van der Waals surface area contributed by atoms with E-state index in [0.717, 1.165) is 0 Å². The molecule has 1 amide bonds. The van der Waals surface area contributed by atoms with Crippen LogP contribution in [0.25, 0.3) is 0 Å². The van der Waals surface area contributed by atoms with Crippen molar-refractivity contribution in [3.63, 3.8) is 0 Å². The van der Waals surface area contributed by atoms with Crippen molar-refractivity contribution in [3.8, 4) is 5.75 Å². The second-order valence-corrected chi connectivity index (χ2v) is 4.89. The molecular weight excluding hydrogens is 315 g/mol. The topological polar surface area (TPSA) is 81.5 Å². The summed E-state index contributed by atoms with van der Waals surface area (Å²) in [5, 5.41) is 13.3. The molecule has 2 aromatic rings. The Morgan fingerprint density at radius 2 is 2.12 bits per heavy atom. The molecule has 2 rings (SSSR count). The number of nitrogens with zero attached hydrogens (tertiary/aromatic N) is 1. The van der Waals surface area contributed by atoms with Gasteiger partial charge in [0.15, 0.2) is 6.61 Å². The van der Waals surface area contributed by atoms with Crippen molar-refractivity contribution < 1.29 is 18.8 Å². The molecular formula is C17H15FN2O4. The van der Waals surface area contributed by atoms with E-state index in [-0.39, 0.29) is 12.3 Å². The summed E-state index contributed by atoms with van der Waals surface area (Å²) < 4.78 is 18.5. The lowest BCUT2D eigenvalue weighted by molar-refractivity contribution is -0.384. The van der Waals surface area contributed by atoms with Gasteiger partial charge >= 0.3 is 0 Å². The highest BCUT2D eigenvalue weighted by atomic mass is 19.1. The highest BCUT2D eigenvalue weighted by molar-refractivity contribution is 5.91. The Hall–Kier alpha value is -3.22. The van der Waals surface area contributed by atoms with Crippen LogP contribution in [0.4, 0.5) is 15.8 Å². The number of carbonyl (C=O) groups is 1. The second-order valence-electron chi connectivity index (χ2n) is 4.89. The first kappa shape index (κ1) is 17.1. The van der Waals surface area contributed by atoms with Crippen LogP contribution in [-0.4, -0.2) is 17.4 Å². The first-order chi connectivity index (χ1) is 11.5. The molecule has 0 fully saturated rings. The number of hydrogen-bond donors (Lipinski definition) is 1. The Morgan fingerprint density at radius 1 is 1.33 bits per heavy atom. The predicted molar refractivity (Wildman–Crippen MR) is 87.5 cm³/mol. The zero-order valence-corrected chi connectivity index (χ0v) is 12.7. The average molecular weight is 330 g/mol. The largest absolute Gasteiger partial charge is 0.483 e. The van der Waals surface area contributed by atoms with Crippen molar-refractivity contribution in [1.29, 1.82) is 0 Å². The molecule has 0 saturated heterocycles. The van der Waals surface area contributed by atoms with E-state index in [1.54, 1.807) is 12.1 Å². The van der Waals surface area contributed by atoms with Crippen molar-refractivity contribution in [3.05, 3.63) is 76.6 Å². The monoisotopic (exact) mass is 330 g/mol. The number of ether oxygens (including phenoxy) is 1. The average Bonchev–Trinajstić information content (AvgIpc) is 2.53. The Balaban J connectivity index is 2.03. The number of rotatable bonds is 7. The molecule has 0 atom stereocenters. The number of nitro groups is 1. The lowest BCUT2D eigenvalue weighted by Gasteiger charge is -2.11. The number of non-ortho nitro benzene ring substituents is 1. The van der Waals surface area contributed by atoms with Gasteiger partial charge in [0.25, 0.3) is 11.6 Å². The minimum atomic E-state index is -0.507. The molecule has 2 aromatic carbocycles. The van der Waals surface area contributed by atoms with E-state index in [1.807, 2.05) is 0 Å². The Kier molecular flexibility index (Phi) is 5.62. The van der Waals surface area contributed by atoms with Crippen molar-refractivity contribution in [2.24, 2.45) is 0 Å². The lowest BCUT2D eigenvalue weighted by Crippen LogP contribution is -2.20. The summed E-state index contributed by atoms with van der Waals surface area (Å²) in [5.41, 5.74) is 0.805. The van der Waals surface area contributed by atoms with Crippen LogP contribution in [0, 0.1) is 15.9 Å². The van der Waals surface area contributed by atoms with Crippen LogP contribution in [-0.2, 0) is 11.2 Å². The van der Waals surface area contributed by atoms with Gasteiger partial charge in [-0.2, -0.15) is 0 Å². The predicted octanol–water partition coefficient (Wildman–Crippen LogP) is 3.48. The Bertz CT molecular complexity index is 777. The maximum atomic E-state index is 13.1. The van der Waals surface area contributed by atoms with Crippen LogP contribution in [0.15, 0.2) is 55.1 Å². The molecule has 0 spiro atoms. The molecule has 0 bridgehead atoms. The molecule has 6 nitrogen and oxygen atoms in total. The third-order valence-electron chi connectivity index (χ3n) is 3.09. The fourth-order valence-corrected chi connectivity index (χ4v) is 2.04. The van der Waals surface area contributed by atoms with Crippen molar-refractivity contribution in [2.75, 3.05) is 11.9 Å².